The molecule has 1 fully saturated rings. The lowest BCUT2D eigenvalue weighted by molar-refractivity contribution is -0.385. The molecule has 0 spiro atoms. The van der Waals surface area contributed by atoms with Crippen LogP contribution < -0.4 is 25.4 Å². The van der Waals surface area contributed by atoms with Gasteiger partial charge in [-0.3, -0.25) is 19.7 Å². The minimum atomic E-state index is -3.21. The Balaban J connectivity index is 1.89. The first-order valence-electron chi connectivity index (χ1n) is 10.7. The summed E-state index contributed by atoms with van der Waals surface area (Å²) >= 11 is 0. The molecule has 1 aliphatic heterocycles. The zero-order valence-corrected chi connectivity index (χ0v) is 18.8. The van der Waals surface area contributed by atoms with E-state index in [1.807, 2.05) is 0 Å². The summed E-state index contributed by atoms with van der Waals surface area (Å²) in [5, 5.41) is 14.1. The highest BCUT2D eigenvalue weighted by Gasteiger charge is 2.21. The maximum Gasteiger partial charge on any atom is 0.387 e. The van der Waals surface area contributed by atoms with Crippen LogP contribution in [0.3, 0.4) is 0 Å². The van der Waals surface area contributed by atoms with Crippen molar-refractivity contribution in [1.82, 2.24) is 0 Å². The number of ether oxygens (including phenoxy) is 2. The van der Waals surface area contributed by atoms with Crippen LogP contribution in [0.4, 0.5) is 25.8 Å². The number of nitrogens with two attached hydrogens (primary N) is 1. The van der Waals surface area contributed by atoms with E-state index < -0.39 is 34.8 Å². The molecule has 2 amide bonds. The van der Waals surface area contributed by atoms with Crippen molar-refractivity contribution in [1.29, 1.82) is 0 Å². The Labute approximate surface area is 199 Å². The number of nitrogens with one attached hydrogen (secondary N) is 1. The molecule has 0 atom stereocenters. The number of nitrogens with zero attached hydrogens (tertiary/aromatic N) is 2. The molecule has 0 aliphatic carbocycles. The number of amides is 2. The molecule has 2 aromatic rings. The van der Waals surface area contributed by atoms with Crippen molar-refractivity contribution in [2.24, 2.45) is 5.73 Å². The molecule has 3 rings (SSSR count). The number of anilines is 2. The lowest BCUT2D eigenvalue weighted by Gasteiger charge is -2.30. The van der Waals surface area contributed by atoms with Crippen LogP contribution in [0.15, 0.2) is 36.4 Å². The van der Waals surface area contributed by atoms with Crippen molar-refractivity contribution in [3.8, 4) is 11.5 Å². The number of carbonyl (C=O) groups excluding carboxylic acids is 2. The zero-order chi connectivity index (χ0) is 25.5. The van der Waals surface area contributed by atoms with Gasteiger partial charge < -0.3 is 25.4 Å². The van der Waals surface area contributed by atoms with E-state index in [1.165, 1.54) is 13.2 Å². The van der Waals surface area contributed by atoms with Crippen molar-refractivity contribution in [2.45, 2.75) is 25.9 Å². The maximum atomic E-state index is 12.7. The van der Waals surface area contributed by atoms with Gasteiger partial charge in [-0.2, -0.15) is 8.78 Å². The van der Waals surface area contributed by atoms with E-state index in [0.717, 1.165) is 62.3 Å². The highest BCUT2D eigenvalue weighted by Crippen LogP contribution is 2.36. The first kappa shape index (κ1) is 25.4. The Morgan fingerprint density at radius 2 is 1.89 bits per heavy atom. The van der Waals surface area contributed by atoms with Crippen LogP contribution in [0.5, 0.6) is 11.5 Å². The van der Waals surface area contributed by atoms with Gasteiger partial charge in [0.25, 0.3) is 5.69 Å². The number of benzene rings is 2. The predicted molar refractivity (Wildman–Crippen MR) is 125 cm³/mol. The second-order valence-corrected chi connectivity index (χ2v) is 7.66. The lowest BCUT2D eigenvalue weighted by atomic mass is 10.1. The van der Waals surface area contributed by atoms with Gasteiger partial charge in [0.2, 0.25) is 11.8 Å². The van der Waals surface area contributed by atoms with Gasteiger partial charge >= 0.3 is 6.61 Å². The molecule has 0 unspecified atom stereocenters. The minimum Gasteiger partial charge on any atom is -0.493 e. The number of methoxy groups -OCH3 is 1. The third kappa shape index (κ3) is 6.43. The highest BCUT2D eigenvalue weighted by molar-refractivity contribution is 6.05. The van der Waals surface area contributed by atoms with Gasteiger partial charge in [0.15, 0.2) is 11.5 Å². The molecule has 1 aliphatic rings. The molecule has 2 aromatic carbocycles. The summed E-state index contributed by atoms with van der Waals surface area (Å²) in [5.41, 5.74) is 6.05. The summed E-state index contributed by atoms with van der Waals surface area (Å²) in [6.45, 7) is -1.64. The quantitative estimate of drug-likeness (QED) is 0.308. The summed E-state index contributed by atoms with van der Waals surface area (Å²) < 4.78 is 34.5. The topological polar surface area (TPSA) is 137 Å². The number of primary amides is 1. The fraction of sp³-hybridized carbons (Fsp3) is 0.304. The molecule has 12 heteroatoms. The maximum absolute atomic E-state index is 12.7. The molecule has 35 heavy (non-hydrogen) atoms. The van der Waals surface area contributed by atoms with Crippen LogP contribution in [-0.2, 0) is 4.79 Å². The van der Waals surface area contributed by atoms with E-state index in [1.54, 1.807) is 12.1 Å². The minimum absolute atomic E-state index is 0.0641. The summed E-state index contributed by atoms with van der Waals surface area (Å²) in [6.07, 6.45) is 5.28. The SMILES string of the molecule is COc1cc(/C=C/C(=O)Nc2cc(C(N)=O)ccc2N2CCCCC2)c([N+](=O)[O-])cc1OC(F)F. The number of nitro benzene ring substituents is 1. The summed E-state index contributed by atoms with van der Waals surface area (Å²) in [7, 11) is 1.19. The van der Waals surface area contributed by atoms with Crippen LogP contribution in [0.25, 0.3) is 6.08 Å². The first-order chi connectivity index (χ1) is 16.7. The van der Waals surface area contributed by atoms with Gasteiger partial charge in [-0.1, -0.05) is 0 Å². The monoisotopic (exact) mass is 490 g/mol. The number of nitro groups is 1. The van der Waals surface area contributed by atoms with E-state index in [0.29, 0.717) is 5.69 Å². The number of rotatable bonds is 9. The molecular formula is C23H24F2N4O6. The van der Waals surface area contributed by atoms with E-state index in [4.69, 9.17) is 10.5 Å². The average molecular weight is 490 g/mol. The van der Waals surface area contributed by atoms with Crippen LogP contribution in [0.2, 0.25) is 0 Å². The van der Waals surface area contributed by atoms with Crippen LogP contribution in [0, 0.1) is 10.1 Å². The standard InChI is InChI=1S/C23H24F2N4O6/c1-34-19-12-14(18(29(32)33)13-20(19)35-23(24)25)6-8-21(30)27-16-11-15(22(26)31)5-7-17(16)28-9-3-2-4-10-28/h5-8,11-13,23H,2-4,9-10H2,1H3,(H2,26,31)(H,27,30)/b8-6+. The van der Waals surface area contributed by atoms with E-state index in [9.17, 15) is 28.5 Å². The Hall–Kier alpha value is -4.22. The van der Waals surface area contributed by atoms with E-state index in [-0.39, 0.29) is 16.9 Å². The average Bonchev–Trinajstić information content (AvgIpc) is 2.83. The molecule has 1 saturated heterocycles. The predicted octanol–water partition coefficient (Wildman–Crippen LogP) is 3.95. The van der Waals surface area contributed by atoms with Crippen molar-refractivity contribution in [3.63, 3.8) is 0 Å². The van der Waals surface area contributed by atoms with Gasteiger partial charge in [0, 0.05) is 24.7 Å². The van der Waals surface area contributed by atoms with Crippen molar-refractivity contribution >= 4 is 35.0 Å². The second kappa shape index (κ2) is 11.3. The van der Waals surface area contributed by atoms with Gasteiger partial charge in [0.1, 0.15) is 0 Å². The Bertz CT molecular complexity index is 1150. The zero-order valence-electron chi connectivity index (χ0n) is 18.8. The fourth-order valence-corrected chi connectivity index (χ4v) is 3.74. The van der Waals surface area contributed by atoms with E-state index >= 15 is 0 Å². The third-order valence-electron chi connectivity index (χ3n) is 5.38. The van der Waals surface area contributed by atoms with Gasteiger partial charge in [-0.15, -0.1) is 0 Å². The highest BCUT2D eigenvalue weighted by atomic mass is 19.3. The number of piperidine rings is 1. The normalized spacial score (nSPS) is 13.7. The molecule has 10 nitrogen and oxygen atoms in total. The molecule has 0 bridgehead atoms. The molecule has 0 aromatic heterocycles. The lowest BCUT2D eigenvalue weighted by Crippen LogP contribution is -2.30. The largest absolute Gasteiger partial charge is 0.493 e. The fourth-order valence-electron chi connectivity index (χ4n) is 3.74. The summed E-state index contributed by atoms with van der Waals surface area (Å²) in [4.78, 5) is 37.1. The molecule has 1 heterocycles. The number of alkyl halides is 2. The number of carbonyl (C=O) groups is 2. The number of hydrogen-bond acceptors (Lipinski definition) is 7. The second-order valence-electron chi connectivity index (χ2n) is 7.66. The Morgan fingerprint density at radius 3 is 2.49 bits per heavy atom. The third-order valence-corrected chi connectivity index (χ3v) is 5.38. The van der Waals surface area contributed by atoms with Crippen LogP contribution in [0.1, 0.15) is 35.2 Å². The summed E-state index contributed by atoms with van der Waals surface area (Å²) in [6, 6.07) is 6.68. The molecule has 0 saturated carbocycles. The molecule has 3 N–H and O–H groups in total. The van der Waals surface area contributed by atoms with Gasteiger partial charge in [-0.05, 0) is 49.6 Å². The van der Waals surface area contributed by atoms with E-state index in [2.05, 4.69) is 15.0 Å². The van der Waals surface area contributed by atoms with Gasteiger partial charge in [0.05, 0.1) is 35.0 Å². The van der Waals surface area contributed by atoms with Gasteiger partial charge in [-0.25, -0.2) is 0 Å². The van der Waals surface area contributed by atoms with Crippen molar-refractivity contribution in [2.75, 3.05) is 30.4 Å². The first-order valence-corrected chi connectivity index (χ1v) is 10.7. The van der Waals surface area contributed by atoms with Crippen molar-refractivity contribution in [3.05, 3.63) is 57.6 Å². The Morgan fingerprint density at radius 1 is 1.17 bits per heavy atom. The number of halogens is 2. The van der Waals surface area contributed by atoms with Crippen LogP contribution >= 0.6 is 0 Å². The molecular weight excluding hydrogens is 466 g/mol. The van der Waals surface area contributed by atoms with Crippen LogP contribution in [-0.4, -0.2) is 43.5 Å². The molecule has 0 radical (unpaired) electrons. The number of hydrogen-bond donors (Lipinski definition) is 2. The van der Waals surface area contributed by atoms with Crippen molar-refractivity contribution < 1.29 is 32.8 Å². The summed E-state index contributed by atoms with van der Waals surface area (Å²) in [5.74, 6) is -1.97. The Kier molecular flexibility index (Phi) is 8.18. The smallest absolute Gasteiger partial charge is 0.387 e. The molecule has 186 valence electrons.